The summed E-state index contributed by atoms with van der Waals surface area (Å²) in [4.78, 5) is 4.39. The van der Waals surface area contributed by atoms with Gasteiger partial charge in [0.2, 0.25) is 0 Å². The molecule has 0 spiro atoms. The third kappa shape index (κ3) is 3.56. The van der Waals surface area contributed by atoms with Crippen molar-refractivity contribution in [2.75, 3.05) is 33.2 Å². The van der Waals surface area contributed by atoms with Crippen molar-refractivity contribution in [2.45, 2.75) is 31.6 Å². The highest BCUT2D eigenvalue weighted by Gasteiger charge is 2.43. The van der Waals surface area contributed by atoms with Gasteiger partial charge in [0.25, 0.3) is 0 Å². The molecule has 0 radical (unpaired) electrons. The van der Waals surface area contributed by atoms with E-state index in [4.69, 9.17) is 17.0 Å². The van der Waals surface area contributed by atoms with Crippen LogP contribution in [-0.2, 0) is 0 Å². The molecule has 0 aliphatic carbocycles. The fraction of sp³-hybridized carbons (Fsp3) is 0.556. The number of fused-ring (bicyclic) bond motifs is 1. The molecule has 2 atom stereocenters. The molecular weight excluding hydrogens is 336 g/mol. The number of aliphatic hydroxyl groups excluding tert-OH is 1. The standard InChI is InChI=1S/C18H24N4O2S/c1-18(2)16(23)15(13-10-12(11-19)4-5-14(13)24-18)20-17(25)22-8-6-21(3)7-9-22/h4-5,10,15-16,23H,6-9H2,1-3H3,(H,20,25)/t15-,16+/m1/s1. The van der Waals surface area contributed by atoms with Crippen molar-refractivity contribution < 1.29 is 9.84 Å². The van der Waals surface area contributed by atoms with Crippen molar-refractivity contribution in [1.82, 2.24) is 15.1 Å². The second-order valence-corrected chi connectivity index (χ2v) is 7.62. The van der Waals surface area contributed by atoms with Crippen LogP contribution in [0.15, 0.2) is 18.2 Å². The summed E-state index contributed by atoms with van der Waals surface area (Å²) in [7, 11) is 2.10. The zero-order valence-corrected chi connectivity index (χ0v) is 15.6. The number of nitriles is 1. The number of aliphatic hydroxyl groups is 1. The lowest BCUT2D eigenvalue weighted by molar-refractivity contribution is -0.0614. The van der Waals surface area contributed by atoms with Gasteiger partial charge in [-0.05, 0) is 51.3 Å². The van der Waals surface area contributed by atoms with Gasteiger partial charge in [0.05, 0.1) is 17.7 Å². The lowest BCUT2D eigenvalue weighted by atomic mass is 9.86. The summed E-state index contributed by atoms with van der Waals surface area (Å²) in [6, 6.07) is 7.00. The Hall–Kier alpha value is -1.88. The first-order valence-electron chi connectivity index (χ1n) is 8.47. The number of rotatable bonds is 1. The second kappa shape index (κ2) is 6.79. The smallest absolute Gasteiger partial charge is 0.169 e. The Morgan fingerprint density at radius 1 is 1.36 bits per heavy atom. The first kappa shape index (κ1) is 17.9. The zero-order valence-electron chi connectivity index (χ0n) is 14.8. The van der Waals surface area contributed by atoms with E-state index in [1.54, 1.807) is 18.2 Å². The van der Waals surface area contributed by atoms with Crippen molar-refractivity contribution >= 4 is 17.3 Å². The van der Waals surface area contributed by atoms with Gasteiger partial charge in [-0.25, -0.2) is 0 Å². The minimum Gasteiger partial charge on any atom is -0.485 e. The van der Waals surface area contributed by atoms with Crippen LogP contribution < -0.4 is 10.1 Å². The number of nitrogens with one attached hydrogen (secondary N) is 1. The molecule has 0 bridgehead atoms. The molecule has 1 fully saturated rings. The molecule has 1 saturated heterocycles. The number of ether oxygens (including phenoxy) is 1. The maximum Gasteiger partial charge on any atom is 0.169 e. The van der Waals surface area contributed by atoms with Crippen LogP contribution in [-0.4, -0.2) is 65.0 Å². The number of likely N-dealkylation sites (N-methyl/N-ethyl adjacent to an activating group) is 1. The molecular formula is C18H24N4O2S. The van der Waals surface area contributed by atoms with E-state index in [1.165, 1.54) is 0 Å². The van der Waals surface area contributed by atoms with Crippen molar-refractivity contribution in [1.29, 1.82) is 5.26 Å². The van der Waals surface area contributed by atoms with E-state index < -0.39 is 17.7 Å². The SMILES string of the molecule is CN1CCN(C(=S)N[C@@H]2c3cc(C#N)ccc3OC(C)(C)[C@H]2O)CC1. The Morgan fingerprint density at radius 2 is 2.04 bits per heavy atom. The largest absolute Gasteiger partial charge is 0.485 e. The highest BCUT2D eigenvalue weighted by Crippen LogP contribution is 2.40. The van der Waals surface area contributed by atoms with Crippen molar-refractivity contribution in [3.8, 4) is 11.8 Å². The molecule has 0 unspecified atom stereocenters. The Morgan fingerprint density at radius 3 is 2.68 bits per heavy atom. The summed E-state index contributed by atoms with van der Waals surface area (Å²) in [5.74, 6) is 0.674. The van der Waals surface area contributed by atoms with E-state index in [0.29, 0.717) is 16.4 Å². The highest BCUT2D eigenvalue weighted by atomic mass is 32.1. The normalized spacial score (nSPS) is 25.5. The third-order valence-electron chi connectivity index (χ3n) is 4.94. The van der Waals surface area contributed by atoms with Crippen LogP contribution in [0, 0.1) is 11.3 Å². The molecule has 0 saturated carbocycles. The Labute approximate surface area is 154 Å². The molecule has 1 aromatic carbocycles. The Bertz CT molecular complexity index is 708. The lowest BCUT2D eigenvalue weighted by Gasteiger charge is -2.44. The van der Waals surface area contributed by atoms with Crippen LogP contribution in [0.1, 0.15) is 31.0 Å². The van der Waals surface area contributed by atoms with Gasteiger partial charge in [-0.2, -0.15) is 5.26 Å². The minimum absolute atomic E-state index is 0.417. The maximum atomic E-state index is 10.8. The molecule has 25 heavy (non-hydrogen) atoms. The lowest BCUT2D eigenvalue weighted by Crippen LogP contribution is -2.57. The average molecular weight is 360 g/mol. The number of benzene rings is 1. The summed E-state index contributed by atoms with van der Waals surface area (Å²) < 4.78 is 5.94. The highest BCUT2D eigenvalue weighted by molar-refractivity contribution is 7.80. The van der Waals surface area contributed by atoms with Gasteiger partial charge >= 0.3 is 0 Å². The summed E-state index contributed by atoms with van der Waals surface area (Å²) in [5.41, 5.74) is 0.547. The first-order chi connectivity index (χ1) is 11.8. The molecule has 6 nitrogen and oxygen atoms in total. The van der Waals surface area contributed by atoms with Crippen LogP contribution in [0.25, 0.3) is 0 Å². The quantitative estimate of drug-likeness (QED) is 0.731. The minimum atomic E-state index is -0.792. The summed E-state index contributed by atoms with van der Waals surface area (Å²) >= 11 is 5.59. The predicted molar refractivity (Wildman–Crippen MR) is 99.4 cm³/mol. The van der Waals surface area contributed by atoms with E-state index in [2.05, 4.69) is 28.2 Å². The van der Waals surface area contributed by atoms with E-state index >= 15 is 0 Å². The molecule has 2 aliphatic heterocycles. The van der Waals surface area contributed by atoms with Crippen LogP contribution in [0.3, 0.4) is 0 Å². The van der Waals surface area contributed by atoms with Gasteiger partial charge in [-0.15, -0.1) is 0 Å². The van der Waals surface area contributed by atoms with E-state index in [0.717, 1.165) is 31.7 Å². The Balaban J connectivity index is 1.86. The Kier molecular flexibility index (Phi) is 4.87. The number of piperazine rings is 1. The van der Waals surface area contributed by atoms with Crippen LogP contribution >= 0.6 is 12.2 Å². The maximum absolute atomic E-state index is 10.8. The topological polar surface area (TPSA) is 71.8 Å². The van der Waals surface area contributed by atoms with Crippen molar-refractivity contribution in [2.24, 2.45) is 0 Å². The van der Waals surface area contributed by atoms with Crippen LogP contribution in [0.5, 0.6) is 5.75 Å². The summed E-state index contributed by atoms with van der Waals surface area (Å²) in [5, 5.41) is 24.0. The molecule has 0 amide bonds. The van der Waals surface area contributed by atoms with Crippen LogP contribution in [0.4, 0.5) is 0 Å². The third-order valence-corrected chi connectivity index (χ3v) is 5.32. The van der Waals surface area contributed by atoms with E-state index in [-0.39, 0.29) is 0 Å². The van der Waals surface area contributed by atoms with Gasteiger partial charge < -0.3 is 25.0 Å². The number of thiocarbonyl (C=S) groups is 1. The fourth-order valence-electron chi connectivity index (χ4n) is 3.26. The molecule has 0 aromatic heterocycles. The van der Waals surface area contributed by atoms with Crippen LogP contribution in [0.2, 0.25) is 0 Å². The van der Waals surface area contributed by atoms with Gasteiger partial charge in [-0.3, -0.25) is 0 Å². The molecule has 7 heteroatoms. The summed E-state index contributed by atoms with van der Waals surface area (Å²) in [6.07, 6.45) is -0.792. The number of hydrogen-bond donors (Lipinski definition) is 2. The number of hydrogen-bond acceptors (Lipinski definition) is 5. The first-order valence-corrected chi connectivity index (χ1v) is 8.88. The average Bonchev–Trinajstić information content (AvgIpc) is 2.59. The van der Waals surface area contributed by atoms with Crippen molar-refractivity contribution in [3.63, 3.8) is 0 Å². The monoisotopic (exact) mass is 360 g/mol. The number of nitrogens with zero attached hydrogens (tertiary/aromatic N) is 3. The molecule has 2 heterocycles. The van der Waals surface area contributed by atoms with Crippen molar-refractivity contribution in [3.05, 3.63) is 29.3 Å². The van der Waals surface area contributed by atoms with E-state index in [9.17, 15) is 10.4 Å². The second-order valence-electron chi connectivity index (χ2n) is 7.23. The summed E-state index contributed by atoms with van der Waals surface area (Å²) in [6.45, 7) is 7.34. The van der Waals surface area contributed by atoms with Gasteiger partial charge in [0, 0.05) is 31.7 Å². The molecule has 2 N–H and O–H groups in total. The van der Waals surface area contributed by atoms with Gasteiger partial charge in [-0.1, -0.05) is 0 Å². The van der Waals surface area contributed by atoms with Gasteiger partial charge in [0.1, 0.15) is 17.5 Å². The van der Waals surface area contributed by atoms with E-state index in [1.807, 2.05) is 13.8 Å². The molecule has 134 valence electrons. The van der Waals surface area contributed by atoms with Gasteiger partial charge in [0.15, 0.2) is 5.11 Å². The predicted octanol–water partition coefficient (Wildman–Crippen LogP) is 1.25. The molecule has 3 rings (SSSR count). The molecule has 2 aliphatic rings. The molecule has 1 aromatic rings. The zero-order chi connectivity index (χ0) is 18.2. The fourth-order valence-corrected chi connectivity index (χ4v) is 3.57.